The summed E-state index contributed by atoms with van der Waals surface area (Å²) < 4.78 is 5.76. The number of halogens is 1. The van der Waals surface area contributed by atoms with Gasteiger partial charge in [-0.25, -0.2) is 4.98 Å². The van der Waals surface area contributed by atoms with E-state index in [1.165, 1.54) is 5.56 Å². The molecule has 2 rings (SSSR count). The van der Waals surface area contributed by atoms with Gasteiger partial charge in [0, 0.05) is 25.5 Å². The van der Waals surface area contributed by atoms with Crippen LogP contribution in [0.2, 0.25) is 0 Å². The number of aliphatic imine (C=N–C) groups is 1. The van der Waals surface area contributed by atoms with E-state index in [4.69, 9.17) is 9.73 Å². The predicted octanol–water partition coefficient (Wildman–Crippen LogP) is 4.63. The van der Waals surface area contributed by atoms with Crippen LogP contribution >= 0.6 is 35.3 Å². The monoisotopic (exact) mass is 502 g/mol. The molecule has 1 heterocycles. The van der Waals surface area contributed by atoms with Crippen molar-refractivity contribution in [3.8, 4) is 5.75 Å². The summed E-state index contributed by atoms with van der Waals surface area (Å²) in [4.78, 5) is 11.4. The first-order valence-electron chi connectivity index (χ1n) is 9.18. The highest BCUT2D eigenvalue weighted by molar-refractivity contribution is 14.0. The number of ether oxygens (including phenoxy) is 1. The molecule has 150 valence electrons. The maximum absolute atomic E-state index is 5.76. The second-order valence-corrected chi connectivity index (χ2v) is 7.38. The Morgan fingerprint density at radius 3 is 2.59 bits per heavy atom. The number of hydrogen-bond acceptors (Lipinski definition) is 4. The van der Waals surface area contributed by atoms with Gasteiger partial charge in [-0.2, -0.15) is 0 Å². The lowest BCUT2D eigenvalue weighted by atomic mass is 10.2. The number of nitrogens with zero attached hydrogens (tertiary/aromatic N) is 3. The van der Waals surface area contributed by atoms with Gasteiger partial charge >= 0.3 is 0 Å². The van der Waals surface area contributed by atoms with Gasteiger partial charge < -0.3 is 15.0 Å². The van der Waals surface area contributed by atoms with Gasteiger partial charge in [-0.15, -0.1) is 35.3 Å². The van der Waals surface area contributed by atoms with E-state index in [1.807, 2.05) is 19.1 Å². The average molecular weight is 502 g/mol. The standard InChI is InChI=1S/C20H30N4OS.HI/c1-5-21-20(24(4)14-18-15-26-17(3)23-18)22-12-6-7-13-25-19-10-8-16(2)9-11-19;/h8-11,15H,5-7,12-14H2,1-4H3,(H,21,22);1H. The lowest BCUT2D eigenvalue weighted by molar-refractivity contribution is 0.307. The highest BCUT2D eigenvalue weighted by Crippen LogP contribution is 2.12. The fourth-order valence-electron chi connectivity index (χ4n) is 2.49. The van der Waals surface area contributed by atoms with Gasteiger partial charge in [-0.1, -0.05) is 17.7 Å². The zero-order chi connectivity index (χ0) is 18.8. The number of unbranched alkanes of at least 4 members (excludes halogenated alkanes) is 1. The topological polar surface area (TPSA) is 49.8 Å². The molecule has 0 spiro atoms. The van der Waals surface area contributed by atoms with E-state index < -0.39 is 0 Å². The Balaban J connectivity index is 0.00000364. The first-order valence-corrected chi connectivity index (χ1v) is 10.1. The SMILES string of the molecule is CCNC(=NCCCCOc1ccc(C)cc1)N(C)Cc1csc(C)n1.I. The Bertz CT molecular complexity index is 688. The summed E-state index contributed by atoms with van der Waals surface area (Å²) in [6, 6.07) is 8.18. The van der Waals surface area contributed by atoms with Gasteiger partial charge in [-0.3, -0.25) is 4.99 Å². The summed E-state index contributed by atoms with van der Waals surface area (Å²) in [5.41, 5.74) is 2.34. The summed E-state index contributed by atoms with van der Waals surface area (Å²) in [6.07, 6.45) is 2.00. The normalized spacial score (nSPS) is 11.0. The molecule has 1 aromatic carbocycles. The van der Waals surface area contributed by atoms with Crippen molar-refractivity contribution in [2.24, 2.45) is 4.99 Å². The van der Waals surface area contributed by atoms with Crippen molar-refractivity contribution < 1.29 is 4.74 Å². The van der Waals surface area contributed by atoms with Crippen molar-refractivity contribution in [2.75, 3.05) is 26.7 Å². The smallest absolute Gasteiger partial charge is 0.194 e. The van der Waals surface area contributed by atoms with Crippen LogP contribution in [0.15, 0.2) is 34.6 Å². The quantitative estimate of drug-likeness (QED) is 0.235. The fourth-order valence-corrected chi connectivity index (χ4v) is 3.10. The predicted molar refractivity (Wildman–Crippen MR) is 126 cm³/mol. The lowest BCUT2D eigenvalue weighted by Gasteiger charge is -2.21. The first kappa shape index (κ1) is 23.7. The van der Waals surface area contributed by atoms with Crippen LogP contribution in [0.4, 0.5) is 0 Å². The lowest BCUT2D eigenvalue weighted by Crippen LogP contribution is -2.38. The number of thiazole rings is 1. The number of hydrogen-bond donors (Lipinski definition) is 1. The van der Waals surface area contributed by atoms with E-state index in [2.05, 4.69) is 53.6 Å². The van der Waals surface area contributed by atoms with Crippen molar-refractivity contribution in [3.05, 3.63) is 45.9 Å². The summed E-state index contributed by atoms with van der Waals surface area (Å²) in [6.45, 7) is 9.35. The summed E-state index contributed by atoms with van der Waals surface area (Å²) in [7, 11) is 2.05. The maximum Gasteiger partial charge on any atom is 0.194 e. The average Bonchev–Trinajstić information content (AvgIpc) is 3.03. The van der Waals surface area contributed by atoms with Crippen LogP contribution < -0.4 is 10.1 Å². The second kappa shape index (κ2) is 12.9. The third kappa shape index (κ3) is 8.92. The van der Waals surface area contributed by atoms with Gasteiger partial charge in [0.25, 0.3) is 0 Å². The highest BCUT2D eigenvalue weighted by atomic mass is 127. The van der Waals surface area contributed by atoms with Gasteiger partial charge in [0.15, 0.2) is 5.96 Å². The number of rotatable bonds is 9. The molecule has 0 saturated carbocycles. The van der Waals surface area contributed by atoms with Gasteiger partial charge in [0.1, 0.15) is 5.75 Å². The molecule has 0 aliphatic rings. The molecule has 0 fully saturated rings. The molecule has 0 amide bonds. The van der Waals surface area contributed by atoms with Crippen molar-refractivity contribution in [1.29, 1.82) is 0 Å². The minimum Gasteiger partial charge on any atom is -0.494 e. The van der Waals surface area contributed by atoms with E-state index in [9.17, 15) is 0 Å². The minimum absolute atomic E-state index is 0. The number of guanidine groups is 1. The van der Waals surface area contributed by atoms with Crippen LogP contribution in [-0.4, -0.2) is 42.6 Å². The largest absolute Gasteiger partial charge is 0.494 e. The van der Waals surface area contributed by atoms with Crippen LogP contribution in [0, 0.1) is 13.8 Å². The van der Waals surface area contributed by atoms with E-state index in [0.29, 0.717) is 0 Å². The van der Waals surface area contributed by atoms with E-state index in [1.54, 1.807) is 11.3 Å². The Morgan fingerprint density at radius 2 is 1.96 bits per heavy atom. The third-order valence-corrected chi connectivity index (χ3v) is 4.69. The molecule has 0 aliphatic heterocycles. The summed E-state index contributed by atoms with van der Waals surface area (Å²) in [5.74, 6) is 1.86. The van der Waals surface area contributed by atoms with Gasteiger partial charge in [0.2, 0.25) is 0 Å². The first-order chi connectivity index (χ1) is 12.6. The van der Waals surface area contributed by atoms with Crippen LogP contribution in [0.5, 0.6) is 5.75 Å². The van der Waals surface area contributed by atoms with Crippen molar-refractivity contribution in [3.63, 3.8) is 0 Å². The Morgan fingerprint density at radius 1 is 1.22 bits per heavy atom. The van der Waals surface area contributed by atoms with Crippen molar-refractivity contribution in [2.45, 2.75) is 40.2 Å². The highest BCUT2D eigenvalue weighted by Gasteiger charge is 2.08. The zero-order valence-electron chi connectivity index (χ0n) is 16.7. The molecule has 0 saturated heterocycles. The number of aromatic nitrogens is 1. The fraction of sp³-hybridized carbons (Fsp3) is 0.500. The number of nitrogens with one attached hydrogen (secondary N) is 1. The minimum atomic E-state index is 0. The molecule has 0 atom stereocenters. The molecular formula is C20H31IN4OS. The van der Waals surface area contributed by atoms with Crippen LogP contribution in [0.3, 0.4) is 0 Å². The van der Waals surface area contributed by atoms with Crippen LogP contribution in [-0.2, 0) is 6.54 Å². The van der Waals surface area contributed by atoms with Gasteiger partial charge in [0.05, 0.1) is 23.9 Å². The second-order valence-electron chi connectivity index (χ2n) is 6.32. The molecular weight excluding hydrogens is 471 g/mol. The van der Waals surface area contributed by atoms with Gasteiger partial charge in [-0.05, 0) is 45.7 Å². The molecule has 5 nitrogen and oxygen atoms in total. The molecule has 0 bridgehead atoms. The molecule has 1 aromatic heterocycles. The molecule has 7 heteroatoms. The van der Waals surface area contributed by atoms with Crippen LogP contribution in [0.1, 0.15) is 36.0 Å². The Hall–Kier alpha value is -1.35. The molecule has 27 heavy (non-hydrogen) atoms. The molecule has 0 unspecified atom stereocenters. The van der Waals surface area contributed by atoms with Crippen molar-refractivity contribution in [1.82, 2.24) is 15.2 Å². The maximum atomic E-state index is 5.76. The van der Waals surface area contributed by atoms with E-state index in [-0.39, 0.29) is 24.0 Å². The van der Waals surface area contributed by atoms with Crippen LogP contribution in [0.25, 0.3) is 0 Å². The molecule has 2 aromatic rings. The Kier molecular flexibility index (Phi) is 11.3. The molecule has 0 aliphatic carbocycles. The molecule has 0 radical (unpaired) electrons. The van der Waals surface area contributed by atoms with E-state index >= 15 is 0 Å². The number of aryl methyl sites for hydroxylation is 2. The summed E-state index contributed by atoms with van der Waals surface area (Å²) in [5, 5.41) is 6.56. The third-order valence-electron chi connectivity index (χ3n) is 3.87. The van der Waals surface area contributed by atoms with E-state index in [0.717, 1.165) is 61.5 Å². The molecule has 1 N–H and O–H groups in total. The van der Waals surface area contributed by atoms with Crippen molar-refractivity contribution >= 4 is 41.3 Å². The summed E-state index contributed by atoms with van der Waals surface area (Å²) >= 11 is 1.69. The number of benzene rings is 1. The zero-order valence-corrected chi connectivity index (χ0v) is 19.8. The Labute approximate surface area is 184 Å².